The van der Waals surface area contributed by atoms with Gasteiger partial charge in [-0.3, -0.25) is 0 Å². The molecule has 3 N–H and O–H groups in total. The molecule has 5 nitrogen and oxygen atoms in total. The van der Waals surface area contributed by atoms with Gasteiger partial charge in [0.05, 0.1) is 18.0 Å². The van der Waals surface area contributed by atoms with Crippen molar-refractivity contribution in [2.45, 2.75) is 13.8 Å². The van der Waals surface area contributed by atoms with Crippen LogP contribution in [0.15, 0.2) is 18.2 Å². The molecule has 0 unspecified atom stereocenters. The molecule has 0 saturated carbocycles. The molecule has 0 aliphatic heterocycles. The fraction of sp³-hybridized carbons (Fsp3) is 0.500. The van der Waals surface area contributed by atoms with Gasteiger partial charge in [-0.1, -0.05) is 6.92 Å². The van der Waals surface area contributed by atoms with E-state index in [1.807, 2.05) is 6.92 Å². The van der Waals surface area contributed by atoms with Crippen molar-refractivity contribution >= 4 is 21.2 Å². The molecule has 0 bridgehead atoms. The highest BCUT2D eigenvalue weighted by Gasteiger charge is 2.07. The van der Waals surface area contributed by atoms with Gasteiger partial charge in [0.2, 0.25) is 0 Å². The second-order valence-electron chi connectivity index (χ2n) is 3.85. The van der Waals surface area contributed by atoms with Crippen LogP contribution in [0.1, 0.15) is 13.8 Å². The summed E-state index contributed by atoms with van der Waals surface area (Å²) in [5.74, 6) is 0.902. The van der Waals surface area contributed by atoms with Crippen LogP contribution >= 0.6 is 0 Å². The number of sulfone groups is 1. The Balaban J connectivity index is 2.60. The normalized spacial score (nSPS) is 11.2. The van der Waals surface area contributed by atoms with E-state index in [1.54, 1.807) is 25.1 Å². The van der Waals surface area contributed by atoms with Crippen molar-refractivity contribution in [3.63, 3.8) is 0 Å². The number of hydrogen-bond donors (Lipinski definition) is 2. The van der Waals surface area contributed by atoms with E-state index in [-0.39, 0.29) is 11.5 Å². The average Bonchev–Trinajstić information content (AvgIpc) is 2.33. The van der Waals surface area contributed by atoms with Gasteiger partial charge < -0.3 is 15.8 Å². The smallest absolute Gasteiger partial charge is 0.151 e. The van der Waals surface area contributed by atoms with Gasteiger partial charge in [-0.25, -0.2) is 8.42 Å². The summed E-state index contributed by atoms with van der Waals surface area (Å²) < 4.78 is 28.0. The molecule has 1 rings (SSSR count). The molecule has 0 amide bonds. The van der Waals surface area contributed by atoms with Crippen LogP contribution in [0.25, 0.3) is 0 Å². The molecule has 102 valence electrons. The average molecular weight is 272 g/mol. The number of anilines is 2. The molecule has 0 spiro atoms. The van der Waals surface area contributed by atoms with E-state index in [2.05, 4.69) is 5.32 Å². The van der Waals surface area contributed by atoms with E-state index < -0.39 is 9.84 Å². The molecule has 18 heavy (non-hydrogen) atoms. The van der Waals surface area contributed by atoms with Crippen molar-refractivity contribution in [3.05, 3.63) is 18.2 Å². The van der Waals surface area contributed by atoms with Crippen LogP contribution in [-0.4, -0.2) is 33.1 Å². The molecular formula is C12H20N2O3S. The van der Waals surface area contributed by atoms with Crippen molar-refractivity contribution in [2.24, 2.45) is 0 Å². The maximum absolute atomic E-state index is 11.3. The van der Waals surface area contributed by atoms with Gasteiger partial charge in [0.25, 0.3) is 0 Å². The summed E-state index contributed by atoms with van der Waals surface area (Å²) >= 11 is 0. The molecule has 6 heteroatoms. The second-order valence-corrected chi connectivity index (χ2v) is 6.32. The van der Waals surface area contributed by atoms with E-state index >= 15 is 0 Å². The number of benzene rings is 1. The number of nitrogen functional groups attached to an aromatic ring is 1. The molecule has 0 heterocycles. The summed E-state index contributed by atoms with van der Waals surface area (Å²) in [6.45, 7) is 4.45. The Kier molecular flexibility index (Phi) is 5.27. The van der Waals surface area contributed by atoms with Crippen LogP contribution < -0.4 is 15.8 Å². The molecular weight excluding hydrogens is 252 g/mol. The molecule has 0 fully saturated rings. The van der Waals surface area contributed by atoms with Crippen molar-refractivity contribution < 1.29 is 13.2 Å². The number of nitrogens with one attached hydrogen (secondary N) is 1. The fourth-order valence-electron chi connectivity index (χ4n) is 1.42. The van der Waals surface area contributed by atoms with Crippen LogP contribution in [-0.2, 0) is 9.84 Å². The Morgan fingerprint density at radius 3 is 2.67 bits per heavy atom. The van der Waals surface area contributed by atoms with Crippen molar-refractivity contribution in [1.29, 1.82) is 0 Å². The van der Waals surface area contributed by atoms with Gasteiger partial charge in [-0.05, 0) is 19.1 Å². The zero-order chi connectivity index (χ0) is 13.6. The van der Waals surface area contributed by atoms with Crippen LogP contribution in [0.5, 0.6) is 5.75 Å². The highest BCUT2D eigenvalue weighted by atomic mass is 32.2. The molecule has 0 aliphatic rings. The van der Waals surface area contributed by atoms with Crippen LogP contribution in [0.2, 0.25) is 0 Å². The Hall–Kier alpha value is -1.43. The van der Waals surface area contributed by atoms with E-state index in [1.165, 1.54) is 0 Å². The van der Waals surface area contributed by atoms with Gasteiger partial charge in [0, 0.05) is 24.1 Å². The zero-order valence-corrected chi connectivity index (χ0v) is 11.6. The molecule has 1 aromatic carbocycles. The van der Waals surface area contributed by atoms with Gasteiger partial charge in [0.1, 0.15) is 5.75 Å². The van der Waals surface area contributed by atoms with Crippen molar-refractivity contribution in [3.8, 4) is 5.75 Å². The maximum Gasteiger partial charge on any atom is 0.151 e. The summed E-state index contributed by atoms with van der Waals surface area (Å²) in [6.07, 6.45) is 0. The standard InChI is InChI=1S/C12H20N2O3S/c1-3-17-12-9-10(5-6-11(12)13)14-7-8-18(15,16)4-2/h5-6,9,14H,3-4,7-8,13H2,1-2H3. The molecule has 0 atom stereocenters. The molecule has 1 aromatic rings. The van der Waals surface area contributed by atoms with Gasteiger partial charge in [0.15, 0.2) is 9.84 Å². The predicted octanol–water partition coefficient (Wildman–Crippen LogP) is 1.51. The lowest BCUT2D eigenvalue weighted by atomic mass is 10.2. The lowest BCUT2D eigenvalue weighted by Crippen LogP contribution is -2.17. The Morgan fingerprint density at radius 2 is 2.06 bits per heavy atom. The molecule has 0 aromatic heterocycles. The first kappa shape index (κ1) is 14.6. The number of rotatable bonds is 7. The Labute approximate surface area is 108 Å². The quantitative estimate of drug-likeness (QED) is 0.735. The van der Waals surface area contributed by atoms with Gasteiger partial charge in [-0.15, -0.1) is 0 Å². The summed E-state index contributed by atoms with van der Waals surface area (Å²) in [6, 6.07) is 5.31. The highest BCUT2D eigenvalue weighted by Crippen LogP contribution is 2.25. The zero-order valence-electron chi connectivity index (χ0n) is 10.8. The predicted molar refractivity (Wildman–Crippen MR) is 74.8 cm³/mol. The van der Waals surface area contributed by atoms with E-state index in [9.17, 15) is 8.42 Å². The van der Waals surface area contributed by atoms with Crippen LogP contribution in [0.3, 0.4) is 0 Å². The topological polar surface area (TPSA) is 81.4 Å². The fourth-order valence-corrected chi connectivity index (χ4v) is 2.12. The van der Waals surface area contributed by atoms with Crippen molar-refractivity contribution in [1.82, 2.24) is 0 Å². The van der Waals surface area contributed by atoms with Crippen LogP contribution in [0, 0.1) is 0 Å². The third-order valence-corrected chi connectivity index (χ3v) is 4.20. The number of nitrogens with two attached hydrogens (primary N) is 1. The largest absolute Gasteiger partial charge is 0.492 e. The van der Waals surface area contributed by atoms with Crippen LogP contribution in [0.4, 0.5) is 11.4 Å². The van der Waals surface area contributed by atoms with E-state index in [0.29, 0.717) is 24.6 Å². The van der Waals surface area contributed by atoms with Gasteiger partial charge >= 0.3 is 0 Å². The molecule has 0 saturated heterocycles. The minimum absolute atomic E-state index is 0.123. The number of ether oxygens (including phenoxy) is 1. The minimum atomic E-state index is -2.94. The Morgan fingerprint density at radius 1 is 1.33 bits per heavy atom. The van der Waals surface area contributed by atoms with E-state index in [4.69, 9.17) is 10.5 Å². The summed E-state index contributed by atoms with van der Waals surface area (Å²) in [5, 5.41) is 3.05. The first-order valence-corrected chi connectivity index (χ1v) is 7.77. The van der Waals surface area contributed by atoms with Gasteiger partial charge in [-0.2, -0.15) is 0 Å². The SMILES string of the molecule is CCOc1cc(NCCS(=O)(=O)CC)ccc1N. The minimum Gasteiger partial charge on any atom is -0.492 e. The monoisotopic (exact) mass is 272 g/mol. The molecule has 0 radical (unpaired) electrons. The summed E-state index contributed by atoms with van der Waals surface area (Å²) in [5.41, 5.74) is 7.12. The first-order valence-electron chi connectivity index (χ1n) is 5.95. The molecule has 0 aliphatic carbocycles. The third kappa shape index (κ3) is 4.44. The summed E-state index contributed by atoms with van der Waals surface area (Å²) in [7, 11) is -2.94. The third-order valence-electron chi connectivity index (χ3n) is 2.50. The summed E-state index contributed by atoms with van der Waals surface area (Å²) in [4.78, 5) is 0. The first-order chi connectivity index (χ1) is 8.48. The highest BCUT2D eigenvalue weighted by molar-refractivity contribution is 7.91. The Bertz CT molecular complexity index is 486. The van der Waals surface area contributed by atoms with Crippen molar-refractivity contribution in [2.75, 3.05) is 35.7 Å². The second kappa shape index (κ2) is 6.49. The number of hydrogen-bond acceptors (Lipinski definition) is 5. The van der Waals surface area contributed by atoms with E-state index in [0.717, 1.165) is 5.69 Å². The maximum atomic E-state index is 11.3. The lowest BCUT2D eigenvalue weighted by Gasteiger charge is -2.11. The lowest BCUT2D eigenvalue weighted by molar-refractivity contribution is 0.342.